The molecular formula is C10H20N2O2. The molecule has 0 aromatic rings. The van der Waals surface area contributed by atoms with E-state index in [1.165, 1.54) is 0 Å². The third-order valence-electron chi connectivity index (χ3n) is 2.49. The highest BCUT2D eigenvalue weighted by molar-refractivity contribution is 5.81. The van der Waals surface area contributed by atoms with Gasteiger partial charge in [-0.05, 0) is 20.3 Å². The molecule has 0 bridgehead atoms. The molecule has 0 unspecified atom stereocenters. The van der Waals surface area contributed by atoms with Crippen molar-refractivity contribution in [3.05, 3.63) is 0 Å². The SMILES string of the molecule is CC[C@@H](N)C(=O)N1C[C@@H](C)O[C@@H](C)C1. The van der Waals surface area contributed by atoms with Crippen LogP contribution in [0.25, 0.3) is 0 Å². The summed E-state index contributed by atoms with van der Waals surface area (Å²) in [5.41, 5.74) is 5.71. The Labute approximate surface area is 85.4 Å². The molecule has 82 valence electrons. The summed E-state index contributed by atoms with van der Waals surface area (Å²) in [6.07, 6.45) is 0.928. The number of nitrogens with zero attached hydrogens (tertiary/aromatic N) is 1. The molecule has 0 radical (unpaired) electrons. The van der Waals surface area contributed by atoms with E-state index in [-0.39, 0.29) is 24.2 Å². The number of ether oxygens (including phenoxy) is 1. The smallest absolute Gasteiger partial charge is 0.239 e. The van der Waals surface area contributed by atoms with Gasteiger partial charge in [-0.3, -0.25) is 4.79 Å². The fourth-order valence-electron chi connectivity index (χ4n) is 1.77. The summed E-state index contributed by atoms with van der Waals surface area (Å²) in [5, 5.41) is 0. The Bertz CT molecular complexity index is 198. The van der Waals surface area contributed by atoms with Crippen molar-refractivity contribution in [2.24, 2.45) is 5.73 Å². The first-order valence-corrected chi connectivity index (χ1v) is 5.24. The van der Waals surface area contributed by atoms with Crippen molar-refractivity contribution in [1.29, 1.82) is 0 Å². The van der Waals surface area contributed by atoms with Crippen LogP contribution in [0.15, 0.2) is 0 Å². The second-order valence-corrected chi connectivity index (χ2v) is 4.02. The predicted molar refractivity (Wildman–Crippen MR) is 54.9 cm³/mol. The van der Waals surface area contributed by atoms with Gasteiger partial charge in [-0.15, -0.1) is 0 Å². The minimum absolute atomic E-state index is 0.0505. The van der Waals surface area contributed by atoms with Crippen molar-refractivity contribution in [1.82, 2.24) is 4.90 Å². The normalized spacial score (nSPS) is 30.1. The van der Waals surface area contributed by atoms with Crippen molar-refractivity contribution < 1.29 is 9.53 Å². The Balaban J connectivity index is 2.54. The van der Waals surface area contributed by atoms with Gasteiger partial charge in [0.2, 0.25) is 5.91 Å². The highest BCUT2D eigenvalue weighted by atomic mass is 16.5. The second-order valence-electron chi connectivity index (χ2n) is 4.02. The van der Waals surface area contributed by atoms with Crippen LogP contribution in [0, 0.1) is 0 Å². The summed E-state index contributed by atoms with van der Waals surface area (Å²) in [6.45, 7) is 7.21. The van der Waals surface area contributed by atoms with Crippen molar-refractivity contribution in [3.63, 3.8) is 0 Å². The summed E-state index contributed by atoms with van der Waals surface area (Å²) >= 11 is 0. The lowest BCUT2D eigenvalue weighted by molar-refractivity contribution is -0.144. The summed E-state index contributed by atoms with van der Waals surface area (Å²) in [7, 11) is 0. The maximum absolute atomic E-state index is 11.8. The molecule has 3 atom stereocenters. The molecule has 0 aromatic carbocycles. The van der Waals surface area contributed by atoms with Gasteiger partial charge < -0.3 is 15.4 Å². The summed E-state index contributed by atoms with van der Waals surface area (Å²) in [5.74, 6) is 0.0505. The molecule has 0 aromatic heterocycles. The number of hydrogen-bond donors (Lipinski definition) is 1. The lowest BCUT2D eigenvalue weighted by Gasteiger charge is -2.36. The van der Waals surface area contributed by atoms with E-state index < -0.39 is 0 Å². The molecule has 1 aliphatic heterocycles. The molecule has 1 saturated heterocycles. The summed E-state index contributed by atoms with van der Waals surface area (Å²) in [4.78, 5) is 13.6. The third kappa shape index (κ3) is 2.69. The Hall–Kier alpha value is -0.610. The molecule has 0 spiro atoms. The number of hydrogen-bond acceptors (Lipinski definition) is 3. The van der Waals surface area contributed by atoms with Crippen molar-refractivity contribution in [2.75, 3.05) is 13.1 Å². The first-order valence-electron chi connectivity index (χ1n) is 5.24. The first kappa shape index (κ1) is 11.5. The lowest BCUT2D eigenvalue weighted by atomic mass is 10.1. The van der Waals surface area contributed by atoms with Crippen LogP contribution >= 0.6 is 0 Å². The Morgan fingerprint density at radius 3 is 2.43 bits per heavy atom. The molecule has 2 N–H and O–H groups in total. The monoisotopic (exact) mass is 200 g/mol. The molecule has 1 heterocycles. The molecule has 4 heteroatoms. The number of rotatable bonds is 2. The largest absolute Gasteiger partial charge is 0.372 e. The van der Waals surface area contributed by atoms with E-state index in [2.05, 4.69) is 0 Å². The van der Waals surface area contributed by atoms with Crippen LogP contribution < -0.4 is 5.73 Å². The summed E-state index contributed by atoms with van der Waals surface area (Å²) in [6, 6.07) is -0.354. The minimum Gasteiger partial charge on any atom is -0.372 e. The quantitative estimate of drug-likeness (QED) is 0.700. The topological polar surface area (TPSA) is 55.6 Å². The van der Waals surface area contributed by atoms with E-state index in [1.54, 1.807) is 0 Å². The Morgan fingerprint density at radius 1 is 1.50 bits per heavy atom. The van der Waals surface area contributed by atoms with E-state index in [1.807, 2.05) is 25.7 Å². The van der Waals surface area contributed by atoms with Crippen molar-refractivity contribution >= 4 is 5.91 Å². The average molecular weight is 200 g/mol. The van der Waals surface area contributed by atoms with E-state index in [9.17, 15) is 4.79 Å². The molecule has 1 amide bonds. The standard InChI is InChI=1S/C10H20N2O2/c1-4-9(11)10(13)12-5-7(2)14-8(3)6-12/h7-9H,4-6,11H2,1-3H3/t7-,8+,9-/m1/s1. The van der Waals surface area contributed by atoms with Crippen molar-refractivity contribution in [3.8, 4) is 0 Å². The fourth-order valence-corrected chi connectivity index (χ4v) is 1.77. The number of carbonyl (C=O) groups excluding carboxylic acids is 1. The van der Waals surface area contributed by atoms with Crippen LogP contribution in [0.2, 0.25) is 0 Å². The van der Waals surface area contributed by atoms with Gasteiger partial charge in [0, 0.05) is 13.1 Å². The number of amides is 1. The Kier molecular flexibility index (Phi) is 3.89. The first-order chi connectivity index (χ1) is 6.54. The van der Waals surface area contributed by atoms with Gasteiger partial charge in [-0.25, -0.2) is 0 Å². The second kappa shape index (κ2) is 4.75. The van der Waals surface area contributed by atoms with E-state index >= 15 is 0 Å². The number of nitrogens with two attached hydrogens (primary N) is 1. The van der Waals surface area contributed by atoms with Gasteiger partial charge in [0.15, 0.2) is 0 Å². The maximum atomic E-state index is 11.8. The zero-order valence-electron chi connectivity index (χ0n) is 9.19. The van der Waals surface area contributed by atoms with Crippen LogP contribution in [-0.2, 0) is 9.53 Å². The predicted octanol–water partition coefficient (Wildman–Crippen LogP) is 0.359. The highest BCUT2D eigenvalue weighted by Gasteiger charge is 2.27. The van der Waals surface area contributed by atoms with Gasteiger partial charge in [-0.1, -0.05) is 6.92 Å². The molecular weight excluding hydrogens is 180 g/mol. The van der Waals surface area contributed by atoms with Crippen molar-refractivity contribution in [2.45, 2.75) is 45.4 Å². The maximum Gasteiger partial charge on any atom is 0.239 e. The van der Waals surface area contributed by atoms with Crippen LogP contribution in [-0.4, -0.2) is 42.1 Å². The van der Waals surface area contributed by atoms with Gasteiger partial charge >= 0.3 is 0 Å². The van der Waals surface area contributed by atoms with Gasteiger partial charge in [-0.2, -0.15) is 0 Å². The molecule has 0 aliphatic carbocycles. The zero-order valence-corrected chi connectivity index (χ0v) is 9.19. The number of morpholine rings is 1. The molecule has 1 fully saturated rings. The van der Waals surface area contributed by atoms with Gasteiger partial charge in [0.25, 0.3) is 0 Å². The van der Waals surface area contributed by atoms with Gasteiger partial charge in [0.1, 0.15) is 0 Å². The molecule has 1 aliphatic rings. The minimum atomic E-state index is -0.354. The molecule has 0 saturated carbocycles. The van der Waals surface area contributed by atoms with Crippen LogP contribution in [0.3, 0.4) is 0 Å². The fraction of sp³-hybridized carbons (Fsp3) is 0.900. The lowest BCUT2D eigenvalue weighted by Crippen LogP contribution is -2.53. The molecule has 14 heavy (non-hydrogen) atoms. The van der Waals surface area contributed by atoms with Crippen LogP contribution in [0.1, 0.15) is 27.2 Å². The Morgan fingerprint density at radius 2 is 2.00 bits per heavy atom. The molecule has 1 rings (SSSR count). The molecule has 4 nitrogen and oxygen atoms in total. The number of carbonyl (C=O) groups is 1. The highest BCUT2D eigenvalue weighted by Crippen LogP contribution is 2.11. The van der Waals surface area contributed by atoms with E-state index in [0.717, 1.165) is 0 Å². The van der Waals surface area contributed by atoms with E-state index in [4.69, 9.17) is 10.5 Å². The average Bonchev–Trinajstić information content (AvgIpc) is 2.14. The van der Waals surface area contributed by atoms with Crippen LogP contribution in [0.4, 0.5) is 0 Å². The van der Waals surface area contributed by atoms with Crippen LogP contribution in [0.5, 0.6) is 0 Å². The zero-order chi connectivity index (χ0) is 10.7. The third-order valence-corrected chi connectivity index (χ3v) is 2.49. The summed E-state index contributed by atoms with van der Waals surface area (Å²) < 4.78 is 5.55. The van der Waals surface area contributed by atoms with Gasteiger partial charge in [0.05, 0.1) is 18.2 Å². The van der Waals surface area contributed by atoms with E-state index in [0.29, 0.717) is 19.5 Å².